The van der Waals surface area contributed by atoms with Gasteiger partial charge in [-0.15, -0.1) is 0 Å². The molecule has 1 saturated heterocycles. The molecule has 1 aromatic heterocycles. The maximum absolute atomic E-state index is 12.5. The Morgan fingerprint density at radius 2 is 2.07 bits per heavy atom. The van der Waals surface area contributed by atoms with E-state index in [1.165, 1.54) is 6.07 Å². The van der Waals surface area contributed by atoms with Crippen molar-refractivity contribution in [3.8, 4) is 5.75 Å². The number of ether oxygens (including phenoxy) is 1. The molecular weight excluding hydrogens is 344 g/mol. The second-order valence-electron chi connectivity index (χ2n) is 7.28. The molecule has 2 heterocycles. The summed E-state index contributed by atoms with van der Waals surface area (Å²) in [6, 6.07) is 5.20. The van der Waals surface area contributed by atoms with Crippen molar-refractivity contribution in [3.05, 3.63) is 39.7 Å². The van der Waals surface area contributed by atoms with Gasteiger partial charge >= 0.3 is 5.63 Å². The monoisotopic (exact) mass is 372 g/mol. The molecule has 0 bridgehead atoms. The molecule has 2 N–H and O–H groups in total. The summed E-state index contributed by atoms with van der Waals surface area (Å²) in [6.07, 6.45) is 2.21. The van der Waals surface area contributed by atoms with E-state index in [0.29, 0.717) is 30.2 Å². The van der Waals surface area contributed by atoms with Crippen LogP contribution in [0.2, 0.25) is 0 Å². The summed E-state index contributed by atoms with van der Waals surface area (Å²) in [5, 5.41) is 7.10. The van der Waals surface area contributed by atoms with Crippen LogP contribution in [0.1, 0.15) is 37.8 Å². The number of aryl methyl sites for hydroxylation is 2. The average Bonchev–Trinajstić information content (AvgIpc) is 2.65. The fourth-order valence-corrected chi connectivity index (χ4v) is 3.56. The van der Waals surface area contributed by atoms with Gasteiger partial charge in [0.2, 0.25) is 0 Å². The van der Waals surface area contributed by atoms with Gasteiger partial charge in [-0.1, -0.05) is 6.92 Å². The van der Waals surface area contributed by atoms with Crippen molar-refractivity contribution in [3.63, 3.8) is 0 Å². The Morgan fingerprint density at radius 3 is 2.78 bits per heavy atom. The predicted octanol–water partition coefficient (Wildman–Crippen LogP) is 2.55. The first kappa shape index (κ1) is 19.4. The van der Waals surface area contributed by atoms with Crippen molar-refractivity contribution in [1.29, 1.82) is 0 Å². The quantitative estimate of drug-likeness (QED) is 0.762. The summed E-state index contributed by atoms with van der Waals surface area (Å²) in [5.74, 6) is 0.969. The molecule has 6 nitrogen and oxygen atoms in total. The second-order valence-corrected chi connectivity index (χ2v) is 7.28. The van der Waals surface area contributed by atoms with Crippen LogP contribution in [0.4, 0.5) is 0 Å². The third-order valence-electron chi connectivity index (χ3n) is 5.11. The third-order valence-corrected chi connectivity index (χ3v) is 5.11. The third kappa shape index (κ3) is 4.69. The number of carbonyl (C=O) groups is 1. The number of piperidine rings is 1. The van der Waals surface area contributed by atoms with Gasteiger partial charge in [0.1, 0.15) is 11.3 Å². The SMILES string of the molecule is CCc1cc(=O)oc2cc(C)cc(OC(C)C(=O)NCC3CCNCC3)c12. The van der Waals surface area contributed by atoms with Gasteiger partial charge in [0.15, 0.2) is 6.10 Å². The van der Waals surface area contributed by atoms with Crippen LogP contribution >= 0.6 is 0 Å². The molecule has 0 saturated carbocycles. The number of rotatable bonds is 6. The maximum atomic E-state index is 12.5. The van der Waals surface area contributed by atoms with Crippen LogP contribution in [-0.2, 0) is 11.2 Å². The lowest BCUT2D eigenvalue weighted by atomic mass is 9.98. The van der Waals surface area contributed by atoms with E-state index in [1.807, 2.05) is 26.0 Å². The molecule has 1 atom stereocenters. The summed E-state index contributed by atoms with van der Waals surface area (Å²) < 4.78 is 11.4. The normalized spacial score (nSPS) is 16.3. The molecule has 3 rings (SSSR count). The summed E-state index contributed by atoms with van der Waals surface area (Å²) in [5.41, 5.74) is 1.90. The summed E-state index contributed by atoms with van der Waals surface area (Å²) in [7, 11) is 0. The van der Waals surface area contributed by atoms with Crippen molar-refractivity contribution in [2.45, 2.75) is 46.1 Å². The van der Waals surface area contributed by atoms with Crippen LogP contribution in [0.25, 0.3) is 11.0 Å². The van der Waals surface area contributed by atoms with Gasteiger partial charge in [0.05, 0.1) is 5.39 Å². The zero-order chi connectivity index (χ0) is 19.4. The Balaban J connectivity index is 1.76. The minimum absolute atomic E-state index is 0.126. The van der Waals surface area contributed by atoms with Crippen LogP contribution in [-0.4, -0.2) is 31.6 Å². The highest BCUT2D eigenvalue weighted by atomic mass is 16.5. The fraction of sp³-hybridized carbons (Fsp3) is 0.524. The standard InChI is InChI=1S/C21H28N2O4/c1-4-16-11-19(24)27-18-10-13(2)9-17(20(16)18)26-14(3)21(25)23-12-15-5-7-22-8-6-15/h9-11,14-15,22H,4-8,12H2,1-3H3,(H,23,25). The van der Waals surface area contributed by atoms with E-state index in [9.17, 15) is 9.59 Å². The largest absolute Gasteiger partial charge is 0.480 e. The van der Waals surface area contributed by atoms with Gasteiger partial charge in [0, 0.05) is 12.6 Å². The summed E-state index contributed by atoms with van der Waals surface area (Å²) in [4.78, 5) is 24.3. The first-order valence-corrected chi connectivity index (χ1v) is 9.70. The minimum Gasteiger partial charge on any atom is -0.480 e. The number of hydrogen-bond acceptors (Lipinski definition) is 5. The highest BCUT2D eigenvalue weighted by molar-refractivity contribution is 5.88. The van der Waals surface area contributed by atoms with E-state index in [2.05, 4.69) is 10.6 Å². The maximum Gasteiger partial charge on any atom is 0.336 e. The molecule has 1 unspecified atom stereocenters. The molecule has 6 heteroatoms. The predicted molar refractivity (Wildman–Crippen MR) is 105 cm³/mol. The van der Waals surface area contributed by atoms with Crippen LogP contribution in [0.3, 0.4) is 0 Å². The topological polar surface area (TPSA) is 80.6 Å². The van der Waals surface area contributed by atoms with Crippen LogP contribution in [0.5, 0.6) is 5.75 Å². The van der Waals surface area contributed by atoms with Gasteiger partial charge in [0.25, 0.3) is 5.91 Å². The van der Waals surface area contributed by atoms with E-state index >= 15 is 0 Å². The van der Waals surface area contributed by atoms with Crippen LogP contribution in [0.15, 0.2) is 27.4 Å². The number of hydrogen-bond donors (Lipinski definition) is 2. The van der Waals surface area contributed by atoms with E-state index in [4.69, 9.17) is 9.15 Å². The lowest BCUT2D eigenvalue weighted by molar-refractivity contribution is -0.127. The Hall–Kier alpha value is -2.34. The molecule has 2 aromatic rings. The molecule has 146 valence electrons. The number of fused-ring (bicyclic) bond motifs is 1. The number of benzene rings is 1. The lowest BCUT2D eigenvalue weighted by Crippen LogP contribution is -2.41. The van der Waals surface area contributed by atoms with Crippen molar-refractivity contribution < 1.29 is 13.9 Å². The van der Waals surface area contributed by atoms with Gasteiger partial charge in [-0.3, -0.25) is 4.79 Å². The number of carbonyl (C=O) groups excluding carboxylic acids is 1. The van der Waals surface area contributed by atoms with E-state index in [1.54, 1.807) is 6.92 Å². The van der Waals surface area contributed by atoms with Crippen LogP contribution in [0, 0.1) is 12.8 Å². The lowest BCUT2D eigenvalue weighted by Gasteiger charge is -2.24. The highest BCUT2D eigenvalue weighted by Crippen LogP contribution is 2.31. The Kier molecular flexibility index (Phi) is 6.16. The van der Waals surface area contributed by atoms with Gasteiger partial charge < -0.3 is 19.8 Å². The van der Waals surface area contributed by atoms with E-state index < -0.39 is 6.10 Å². The average molecular weight is 372 g/mol. The molecule has 0 radical (unpaired) electrons. The highest BCUT2D eigenvalue weighted by Gasteiger charge is 2.20. The molecule has 1 aliphatic rings. The summed E-state index contributed by atoms with van der Waals surface area (Å²) in [6.45, 7) is 8.33. The first-order chi connectivity index (χ1) is 13.0. The second kappa shape index (κ2) is 8.57. The summed E-state index contributed by atoms with van der Waals surface area (Å²) >= 11 is 0. The zero-order valence-corrected chi connectivity index (χ0v) is 16.3. The molecule has 1 aromatic carbocycles. The van der Waals surface area contributed by atoms with Crippen LogP contribution < -0.4 is 21.0 Å². The molecule has 1 amide bonds. The number of amides is 1. The molecule has 27 heavy (non-hydrogen) atoms. The Labute approximate surface area is 159 Å². The van der Waals surface area contributed by atoms with Crippen molar-refractivity contribution in [1.82, 2.24) is 10.6 Å². The Bertz CT molecular complexity index is 868. The van der Waals surface area contributed by atoms with Gasteiger partial charge in [-0.05, 0) is 75.4 Å². The molecule has 1 aliphatic heterocycles. The molecular formula is C21H28N2O4. The van der Waals surface area contributed by atoms with E-state index in [0.717, 1.165) is 42.4 Å². The molecule has 0 aliphatic carbocycles. The van der Waals surface area contributed by atoms with Crippen molar-refractivity contribution >= 4 is 16.9 Å². The smallest absolute Gasteiger partial charge is 0.336 e. The zero-order valence-electron chi connectivity index (χ0n) is 16.3. The number of nitrogens with one attached hydrogen (secondary N) is 2. The van der Waals surface area contributed by atoms with Gasteiger partial charge in [-0.2, -0.15) is 0 Å². The molecule has 1 fully saturated rings. The minimum atomic E-state index is -0.631. The molecule has 0 spiro atoms. The van der Waals surface area contributed by atoms with E-state index in [-0.39, 0.29) is 11.5 Å². The van der Waals surface area contributed by atoms with Gasteiger partial charge in [-0.25, -0.2) is 4.79 Å². The fourth-order valence-electron chi connectivity index (χ4n) is 3.56. The van der Waals surface area contributed by atoms with Crippen molar-refractivity contribution in [2.24, 2.45) is 5.92 Å². The Morgan fingerprint density at radius 1 is 1.33 bits per heavy atom. The first-order valence-electron chi connectivity index (χ1n) is 9.70. The van der Waals surface area contributed by atoms with Crippen molar-refractivity contribution in [2.75, 3.05) is 19.6 Å².